The van der Waals surface area contributed by atoms with E-state index in [0.717, 1.165) is 19.3 Å². The van der Waals surface area contributed by atoms with Crippen LogP contribution in [0.2, 0.25) is 0 Å². The Hall–Kier alpha value is -0.720. The highest BCUT2D eigenvalue weighted by atomic mass is 32.2. The minimum Gasteiger partial charge on any atom is -0.380 e. The first kappa shape index (κ1) is 14.2. The fourth-order valence-electron chi connectivity index (χ4n) is 4.45. The van der Waals surface area contributed by atoms with Crippen LogP contribution in [0.4, 0.5) is 13.2 Å². The van der Waals surface area contributed by atoms with Crippen molar-refractivity contribution in [3.8, 4) is 0 Å². The van der Waals surface area contributed by atoms with Crippen molar-refractivity contribution in [1.29, 1.82) is 0 Å². The summed E-state index contributed by atoms with van der Waals surface area (Å²) in [7, 11) is -5.56. The molecule has 2 saturated carbocycles. The van der Waals surface area contributed by atoms with Crippen molar-refractivity contribution in [2.75, 3.05) is 0 Å². The van der Waals surface area contributed by atoms with Gasteiger partial charge in [0.25, 0.3) is 0 Å². The number of rotatable bonds is 2. The lowest BCUT2D eigenvalue weighted by Gasteiger charge is -2.42. The molecule has 1 spiro atoms. The number of allylic oxidation sites excluding steroid dienone is 2. The third-order valence-corrected chi connectivity index (χ3v) is 6.73. The van der Waals surface area contributed by atoms with Crippen LogP contribution in [-0.2, 0) is 14.3 Å². The summed E-state index contributed by atoms with van der Waals surface area (Å²) in [6.07, 6.45) is 4.67. The zero-order valence-electron chi connectivity index (χ0n) is 11.3. The summed E-state index contributed by atoms with van der Waals surface area (Å²) in [6.45, 7) is 4.15. The van der Waals surface area contributed by atoms with Crippen molar-refractivity contribution in [2.24, 2.45) is 22.7 Å². The fraction of sp³-hybridized carbons (Fsp3) is 0.846. The van der Waals surface area contributed by atoms with Crippen LogP contribution in [0.1, 0.15) is 39.5 Å². The van der Waals surface area contributed by atoms with Gasteiger partial charge in [-0.3, -0.25) is 0 Å². The topological polar surface area (TPSA) is 43.4 Å². The van der Waals surface area contributed by atoms with Gasteiger partial charge >= 0.3 is 15.6 Å². The Labute approximate surface area is 116 Å². The molecule has 20 heavy (non-hydrogen) atoms. The Bertz CT molecular complexity index is 580. The zero-order chi connectivity index (χ0) is 15.0. The van der Waals surface area contributed by atoms with E-state index in [4.69, 9.17) is 0 Å². The summed E-state index contributed by atoms with van der Waals surface area (Å²) < 4.78 is 64.6. The van der Waals surface area contributed by atoms with Gasteiger partial charge in [0.15, 0.2) is 0 Å². The first-order valence-electron chi connectivity index (χ1n) is 6.76. The molecule has 0 bridgehead atoms. The second-order valence-corrected chi connectivity index (χ2v) is 8.05. The molecule has 0 aromatic heterocycles. The molecule has 3 aliphatic carbocycles. The monoisotopic (exact) mass is 310 g/mol. The molecule has 0 N–H and O–H groups in total. The summed E-state index contributed by atoms with van der Waals surface area (Å²) in [5.41, 5.74) is -6.00. The van der Waals surface area contributed by atoms with Crippen molar-refractivity contribution < 1.29 is 25.8 Å². The Balaban J connectivity index is 1.95. The lowest BCUT2D eigenvalue weighted by molar-refractivity contribution is -0.0541. The lowest BCUT2D eigenvalue weighted by Crippen LogP contribution is -2.38. The highest BCUT2D eigenvalue weighted by Crippen LogP contribution is 2.79. The average Bonchev–Trinajstić information content (AvgIpc) is 2.94. The van der Waals surface area contributed by atoms with Crippen LogP contribution in [0.5, 0.6) is 0 Å². The molecule has 0 aliphatic heterocycles. The van der Waals surface area contributed by atoms with Crippen LogP contribution in [0.15, 0.2) is 11.8 Å². The van der Waals surface area contributed by atoms with E-state index in [-0.39, 0.29) is 17.1 Å². The minimum absolute atomic E-state index is 0.0397. The Morgan fingerprint density at radius 1 is 1.40 bits per heavy atom. The van der Waals surface area contributed by atoms with Crippen molar-refractivity contribution in [3.05, 3.63) is 11.8 Å². The number of halogens is 3. The zero-order valence-corrected chi connectivity index (χ0v) is 12.1. The molecular formula is C13H17F3O3S. The molecule has 0 aromatic carbocycles. The predicted molar refractivity (Wildman–Crippen MR) is 65.8 cm³/mol. The van der Waals surface area contributed by atoms with Gasteiger partial charge < -0.3 is 4.18 Å². The molecule has 3 aliphatic rings. The van der Waals surface area contributed by atoms with Crippen LogP contribution >= 0.6 is 0 Å². The molecule has 2 unspecified atom stereocenters. The van der Waals surface area contributed by atoms with Crippen molar-refractivity contribution >= 4 is 10.1 Å². The fourth-order valence-corrected chi connectivity index (χ4v) is 5.00. The largest absolute Gasteiger partial charge is 0.534 e. The van der Waals surface area contributed by atoms with E-state index < -0.39 is 21.0 Å². The SMILES string of the molecule is C[C@H]1CC2CC23C(OS(=O)(=O)C(F)(F)F)=CCC[C@]13C. The number of alkyl halides is 3. The maximum Gasteiger partial charge on any atom is 0.534 e. The van der Waals surface area contributed by atoms with Gasteiger partial charge in [-0.1, -0.05) is 13.8 Å². The Morgan fingerprint density at radius 3 is 2.65 bits per heavy atom. The quantitative estimate of drug-likeness (QED) is 0.578. The van der Waals surface area contributed by atoms with Gasteiger partial charge in [0.1, 0.15) is 5.76 Å². The van der Waals surface area contributed by atoms with Crippen molar-refractivity contribution in [2.45, 2.75) is 45.0 Å². The predicted octanol–water partition coefficient (Wildman–Crippen LogP) is 3.58. The van der Waals surface area contributed by atoms with Gasteiger partial charge in [-0.15, -0.1) is 0 Å². The van der Waals surface area contributed by atoms with Gasteiger partial charge in [0.05, 0.1) is 0 Å². The Morgan fingerprint density at radius 2 is 2.05 bits per heavy atom. The molecule has 114 valence electrons. The third-order valence-electron chi connectivity index (χ3n) is 5.77. The highest BCUT2D eigenvalue weighted by Gasteiger charge is 2.74. The van der Waals surface area contributed by atoms with Gasteiger partial charge in [-0.2, -0.15) is 21.6 Å². The molecule has 0 amide bonds. The molecule has 0 radical (unpaired) electrons. The van der Waals surface area contributed by atoms with Crippen LogP contribution in [0.3, 0.4) is 0 Å². The maximum absolute atomic E-state index is 12.5. The molecule has 3 rings (SSSR count). The van der Waals surface area contributed by atoms with Crippen LogP contribution < -0.4 is 0 Å². The summed E-state index contributed by atoms with van der Waals surface area (Å²) in [5.74, 6) is 0.678. The van der Waals surface area contributed by atoms with Crippen LogP contribution in [0, 0.1) is 22.7 Å². The smallest absolute Gasteiger partial charge is 0.380 e. The van der Waals surface area contributed by atoms with E-state index in [0.29, 0.717) is 12.3 Å². The minimum atomic E-state index is -5.56. The number of hydrogen-bond donors (Lipinski definition) is 0. The van der Waals surface area contributed by atoms with Crippen LogP contribution in [-0.4, -0.2) is 13.9 Å². The van der Waals surface area contributed by atoms with Gasteiger partial charge in [-0.05, 0) is 49.0 Å². The molecule has 0 heterocycles. The van der Waals surface area contributed by atoms with E-state index >= 15 is 0 Å². The Kier molecular flexibility index (Phi) is 2.65. The summed E-state index contributed by atoms with van der Waals surface area (Å²) in [4.78, 5) is 0. The average molecular weight is 310 g/mol. The van der Waals surface area contributed by atoms with Gasteiger partial charge in [0.2, 0.25) is 0 Å². The van der Waals surface area contributed by atoms with Crippen molar-refractivity contribution in [1.82, 2.24) is 0 Å². The van der Waals surface area contributed by atoms with E-state index in [1.165, 1.54) is 0 Å². The second-order valence-electron chi connectivity index (χ2n) is 6.52. The first-order chi connectivity index (χ1) is 9.05. The normalized spacial score (nSPS) is 43.5. The second kappa shape index (κ2) is 3.72. The van der Waals surface area contributed by atoms with Gasteiger partial charge in [0, 0.05) is 5.41 Å². The summed E-state index contributed by atoms with van der Waals surface area (Å²) in [5, 5.41) is 0. The van der Waals surface area contributed by atoms with Crippen LogP contribution in [0.25, 0.3) is 0 Å². The first-order valence-corrected chi connectivity index (χ1v) is 8.17. The summed E-state index contributed by atoms with van der Waals surface area (Å²) >= 11 is 0. The summed E-state index contributed by atoms with van der Waals surface area (Å²) in [6, 6.07) is 0. The van der Waals surface area contributed by atoms with E-state index in [1.54, 1.807) is 6.08 Å². The highest BCUT2D eigenvalue weighted by molar-refractivity contribution is 7.87. The maximum atomic E-state index is 12.5. The molecule has 2 fully saturated rings. The molecular weight excluding hydrogens is 293 g/mol. The molecule has 4 atom stereocenters. The van der Waals surface area contributed by atoms with Gasteiger partial charge in [-0.25, -0.2) is 0 Å². The standard InChI is InChI=1S/C13H17F3O3S/c1-8-6-9-7-12(9)10(4-3-5-11(8,12)2)19-20(17,18)13(14,15)16/h4,8-9H,3,5-7H2,1-2H3/t8-,9?,11+,12?/m0/s1. The number of hydrogen-bond acceptors (Lipinski definition) is 3. The molecule has 0 aromatic rings. The molecule has 7 heteroatoms. The third kappa shape index (κ3) is 1.55. The molecule has 0 saturated heterocycles. The van der Waals surface area contributed by atoms with E-state index in [1.807, 2.05) is 0 Å². The van der Waals surface area contributed by atoms with Crippen molar-refractivity contribution in [3.63, 3.8) is 0 Å². The van der Waals surface area contributed by atoms with E-state index in [2.05, 4.69) is 18.0 Å². The van der Waals surface area contributed by atoms with E-state index in [9.17, 15) is 21.6 Å². The molecule has 3 nitrogen and oxygen atoms in total. The lowest BCUT2D eigenvalue weighted by atomic mass is 9.63.